The number of para-hydroxylation sites is 1. The Kier molecular flexibility index (Phi) is 4.40. The highest BCUT2D eigenvalue weighted by Crippen LogP contribution is 2.06. The molecule has 0 unspecified atom stereocenters. The van der Waals surface area contributed by atoms with Crippen LogP contribution in [0.5, 0.6) is 0 Å². The summed E-state index contributed by atoms with van der Waals surface area (Å²) in [5.74, 6) is 0. The van der Waals surface area contributed by atoms with E-state index < -0.39 is 0 Å². The van der Waals surface area contributed by atoms with Crippen LogP contribution >= 0.6 is 0 Å². The lowest BCUT2D eigenvalue weighted by atomic mass is 10.2. The topological polar surface area (TPSA) is 52.0 Å². The first-order valence-electron chi connectivity index (χ1n) is 5.23. The monoisotopic (exact) mass is 214 g/mol. The van der Waals surface area contributed by atoms with Crippen molar-refractivity contribution in [1.29, 1.82) is 0 Å². The molecule has 2 aromatic rings. The van der Waals surface area contributed by atoms with E-state index >= 15 is 0 Å². The van der Waals surface area contributed by atoms with Crippen LogP contribution in [0, 0.1) is 13.8 Å². The van der Waals surface area contributed by atoms with E-state index in [9.17, 15) is 0 Å². The average Bonchev–Trinajstić information content (AvgIpc) is 2.28. The average molecular weight is 214 g/mol. The van der Waals surface area contributed by atoms with E-state index in [2.05, 4.69) is 0 Å². The van der Waals surface area contributed by atoms with Crippen LogP contribution in [0.1, 0.15) is 11.1 Å². The zero-order valence-electron chi connectivity index (χ0n) is 9.77. The molecule has 2 nitrogen and oxygen atoms in total. The molecular formula is C14H18N2. The van der Waals surface area contributed by atoms with Crippen LogP contribution in [0.25, 0.3) is 0 Å². The Morgan fingerprint density at radius 2 is 1.31 bits per heavy atom. The Labute approximate surface area is 96.9 Å². The normalized spacial score (nSPS) is 9.12. The molecule has 0 heterocycles. The van der Waals surface area contributed by atoms with Gasteiger partial charge < -0.3 is 11.5 Å². The molecule has 0 bridgehead atoms. The summed E-state index contributed by atoms with van der Waals surface area (Å²) in [6, 6.07) is 15.6. The molecule has 2 heteroatoms. The fraction of sp³-hybridized carbons (Fsp3) is 0.143. The fourth-order valence-corrected chi connectivity index (χ4v) is 1.15. The van der Waals surface area contributed by atoms with E-state index in [4.69, 9.17) is 11.5 Å². The first-order valence-corrected chi connectivity index (χ1v) is 5.23. The Bertz CT molecular complexity index is 391. The molecule has 0 aliphatic rings. The van der Waals surface area contributed by atoms with E-state index in [-0.39, 0.29) is 0 Å². The number of aryl methyl sites for hydroxylation is 2. The number of rotatable bonds is 0. The second-order valence-corrected chi connectivity index (χ2v) is 3.77. The summed E-state index contributed by atoms with van der Waals surface area (Å²) in [6.07, 6.45) is 0. The Hall–Kier alpha value is -1.96. The zero-order chi connectivity index (χ0) is 12.0. The van der Waals surface area contributed by atoms with Gasteiger partial charge in [-0.25, -0.2) is 0 Å². The molecule has 16 heavy (non-hydrogen) atoms. The highest BCUT2D eigenvalue weighted by atomic mass is 14.5. The number of nitrogen functional groups attached to an aromatic ring is 2. The Balaban J connectivity index is 0.000000160. The maximum absolute atomic E-state index is 5.52. The third-order valence-corrected chi connectivity index (χ3v) is 2.27. The molecule has 4 N–H and O–H groups in total. The van der Waals surface area contributed by atoms with Gasteiger partial charge in [0.25, 0.3) is 0 Å². The lowest BCUT2D eigenvalue weighted by molar-refractivity contribution is 1.47. The van der Waals surface area contributed by atoms with Crippen molar-refractivity contribution < 1.29 is 0 Å². The van der Waals surface area contributed by atoms with Crippen LogP contribution in [0.3, 0.4) is 0 Å². The molecule has 0 saturated carbocycles. The number of hydrogen-bond donors (Lipinski definition) is 2. The van der Waals surface area contributed by atoms with Crippen molar-refractivity contribution in [2.45, 2.75) is 13.8 Å². The van der Waals surface area contributed by atoms with Crippen LogP contribution in [-0.2, 0) is 0 Å². The lowest BCUT2D eigenvalue weighted by Crippen LogP contribution is -1.85. The molecule has 0 spiro atoms. The van der Waals surface area contributed by atoms with E-state index in [1.165, 1.54) is 5.56 Å². The van der Waals surface area contributed by atoms with Crippen molar-refractivity contribution in [2.24, 2.45) is 0 Å². The molecule has 0 aliphatic heterocycles. The minimum absolute atomic E-state index is 0.829. The van der Waals surface area contributed by atoms with Gasteiger partial charge >= 0.3 is 0 Å². The molecule has 2 aromatic carbocycles. The highest BCUT2D eigenvalue weighted by molar-refractivity contribution is 5.44. The molecule has 0 atom stereocenters. The van der Waals surface area contributed by atoms with E-state index in [0.29, 0.717) is 0 Å². The fourth-order valence-electron chi connectivity index (χ4n) is 1.15. The lowest BCUT2D eigenvalue weighted by Gasteiger charge is -1.93. The van der Waals surface area contributed by atoms with E-state index in [1.54, 1.807) is 0 Å². The van der Waals surface area contributed by atoms with Crippen LogP contribution in [-0.4, -0.2) is 0 Å². The maximum atomic E-state index is 5.52. The third kappa shape index (κ3) is 4.05. The van der Waals surface area contributed by atoms with Gasteiger partial charge in [-0.15, -0.1) is 0 Å². The van der Waals surface area contributed by atoms with Gasteiger partial charge in [0.1, 0.15) is 0 Å². The number of hydrogen-bond acceptors (Lipinski definition) is 2. The van der Waals surface area contributed by atoms with Gasteiger partial charge in [-0.1, -0.05) is 35.9 Å². The molecule has 84 valence electrons. The van der Waals surface area contributed by atoms with Crippen molar-refractivity contribution in [3.63, 3.8) is 0 Å². The van der Waals surface area contributed by atoms with Crippen molar-refractivity contribution >= 4 is 11.4 Å². The van der Waals surface area contributed by atoms with Gasteiger partial charge in [0.05, 0.1) is 0 Å². The summed E-state index contributed by atoms with van der Waals surface area (Å²) in [4.78, 5) is 0. The highest BCUT2D eigenvalue weighted by Gasteiger charge is 1.84. The largest absolute Gasteiger partial charge is 0.399 e. The van der Waals surface area contributed by atoms with Gasteiger partial charge in [0.2, 0.25) is 0 Å². The maximum Gasteiger partial charge on any atom is 0.0343 e. The van der Waals surface area contributed by atoms with Crippen molar-refractivity contribution in [3.8, 4) is 0 Å². The Morgan fingerprint density at radius 1 is 0.750 bits per heavy atom. The second-order valence-electron chi connectivity index (χ2n) is 3.77. The molecule has 0 radical (unpaired) electrons. The summed E-state index contributed by atoms with van der Waals surface area (Å²) < 4.78 is 0. The predicted molar refractivity (Wildman–Crippen MR) is 71.2 cm³/mol. The number of nitrogens with two attached hydrogens (primary N) is 2. The molecule has 0 aromatic heterocycles. The summed E-state index contributed by atoms with van der Waals surface area (Å²) in [5.41, 5.74) is 15.0. The van der Waals surface area contributed by atoms with Crippen LogP contribution in [0.2, 0.25) is 0 Å². The molecule has 0 saturated heterocycles. The van der Waals surface area contributed by atoms with Gasteiger partial charge in [-0.3, -0.25) is 0 Å². The Morgan fingerprint density at radius 3 is 1.69 bits per heavy atom. The molecule has 0 fully saturated rings. The first-order chi connectivity index (χ1) is 7.59. The smallest absolute Gasteiger partial charge is 0.0343 e. The summed E-state index contributed by atoms with van der Waals surface area (Å²) in [6.45, 7) is 4.04. The third-order valence-electron chi connectivity index (χ3n) is 2.27. The zero-order valence-corrected chi connectivity index (χ0v) is 9.77. The minimum Gasteiger partial charge on any atom is -0.399 e. The molecule has 0 amide bonds. The predicted octanol–water partition coefficient (Wildman–Crippen LogP) is 3.15. The van der Waals surface area contributed by atoms with Gasteiger partial charge in [0.15, 0.2) is 0 Å². The summed E-state index contributed by atoms with van der Waals surface area (Å²) >= 11 is 0. The molecular weight excluding hydrogens is 196 g/mol. The molecule has 2 rings (SSSR count). The summed E-state index contributed by atoms with van der Waals surface area (Å²) in [7, 11) is 0. The quantitative estimate of drug-likeness (QED) is 0.662. The van der Waals surface area contributed by atoms with Crippen LogP contribution < -0.4 is 11.5 Å². The van der Waals surface area contributed by atoms with E-state index in [0.717, 1.165) is 16.9 Å². The van der Waals surface area contributed by atoms with Gasteiger partial charge in [-0.2, -0.15) is 0 Å². The number of benzene rings is 2. The van der Waals surface area contributed by atoms with Gasteiger partial charge in [-0.05, 0) is 37.6 Å². The van der Waals surface area contributed by atoms with Crippen molar-refractivity contribution in [3.05, 3.63) is 59.7 Å². The van der Waals surface area contributed by atoms with Crippen LogP contribution in [0.4, 0.5) is 11.4 Å². The second kappa shape index (κ2) is 5.81. The van der Waals surface area contributed by atoms with Crippen LogP contribution in [0.15, 0.2) is 48.5 Å². The van der Waals surface area contributed by atoms with Gasteiger partial charge in [0, 0.05) is 11.4 Å². The molecule has 0 aliphatic carbocycles. The van der Waals surface area contributed by atoms with Crippen molar-refractivity contribution in [2.75, 3.05) is 11.5 Å². The van der Waals surface area contributed by atoms with Crippen molar-refractivity contribution in [1.82, 2.24) is 0 Å². The first kappa shape index (κ1) is 12.1. The minimum atomic E-state index is 0.829. The summed E-state index contributed by atoms with van der Waals surface area (Å²) in [5, 5.41) is 0. The SMILES string of the molecule is Cc1ccc(N)cc1.Cc1ccccc1N. The van der Waals surface area contributed by atoms with E-state index in [1.807, 2.05) is 62.4 Å². The standard InChI is InChI=1S/2C7H9N/c1-6-2-4-7(8)5-3-6;1-6-4-2-3-5-7(6)8/h2*2-5H,8H2,1H3. The number of anilines is 2.